The van der Waals surface area contributed by atoms with Crippen molar-refractivity contribution in [1.82, 2.24) is 5.32 Å². The first kappa shape index (κ1) is 56.4. The molecule has 4 heteroatoms. The Kier molecular flexibility index (Phi) is 49.2. The van der Waals surface area contributed by atoms with Gasteiger partial charge in [0, 0.05) is 6.42 Å². The number of nitrogens with one attached hydrogen (secondary N) is 1. The van der Waals surface area contributed by atoms with Crippen molar-refractivity contribution >= 4 is 5.91 Å². The minimum Gasteiger partial charge on any atom is -0.394 e. The largest absolute Gasteiger partial charge is 0.394 e. The van der Waals surface area contributed by atoms with Crippen molar-refractivity contribution in [3.63, 3.8) is 0 Å². The van der Waals surface area contributed by atoms with Crippen LogP contribution in [-0.2, 0) is 4.79 Å². The molecule has 0 aliphatic carbocycles. The first-order valence-electron chi connectivity index (χ1n) is 26.7. The molecule has 342 valence electrons. The van der Waals surface area contributed by atoms with Crippen molar-refractivity contribution < 1.29 is 15.0 Å². The van der Waals surface area contributed by atoms with E-state index in [2.05, 4.69) is 19.2 Å². The number of hydrogen-bond donors (Lipinski definition) is 3. The highest BCUT2D eigenvalue weighted by atomic mass is 16.3. The molecule has 0 rings (SSSR count). The highest BCUT2D eigenvalue weighted by Gasteiger charge is 2.20. The van der Waals surface area contributed by atoms with Crippen LogP contribution in [0.25, 0.3) is 0 Å². The van der Waals surface area contributed by atoms with Gasteiger partial charge in [-0.1, -0.05) is 296 Å². The highest BCUT2D eigenvalue weighted by Crippen LogP contribution is 2.18. The number of carbonyl (C=O) groups is 1. The van der Waals surface area contributed by atoms with E-state index < -0.39 is 12.1 Å². The lowest BCUT2D eigenvalue weighted by Crippen LogP contribution is -2.45. The molecule has 0 saturated carbocycles. The van der Waals surface area contributed by atoms with Crippen LogP contribution in [0.2, 0.25) is 0 Å². The van der Waals surface area contributed by atoms with Gasteiger partial charge in [-0.3, -0.25) is 4.79 Å². The summed E-state index contributed by atoms with van der Waals surface area (Å²) in [5.41, 5.74) is 0. The topological polar surface area (TPSA) is 69.6 Å². The number of carbonyl (C=O) groups excluding carboxylic acids is 1. The van der Waals surface area contributed by atoms with Gasteiger partial charge in [-0.05, 0) is 12.8 Å². The monoisotopic (exact) mass is 806 g/mol. The molecule has 0 aliphatic heterocycles. The van der Waals surface area contributed by atoms with Crippen LogP contribution in [0.15, 0.2) is 0 Å². The molecule has 0 bridgehead atoms. The maximum atomic E-state index is 12.3. The average Bonchev–Trinajstić information content (AvgIpc) is 3.22. The molecule has 0 aromatic rings. The summed E-state index contributed by atoms with van der Waals surface area (Å²) < 4.78 is 0. The van der Waals surface area contributed by atoms with Gasteiger partial charge in [-0.25, -0.2) is 0 Å². The van der Waals surface area contributed by atoms with E-state index in [1.807, 2.05) is 0 Å². The van der Waals surface area contributed by atoms with Crippen LogP contribution in [0.3, 0.4) is 0 Å². The SMILES string of the molecule is CCCCCCCCCCCCCCCCCCCCCCCCCCCCCCCCCCCCCCCCC(=O)NC(CO)C(O)CCCCCCCCC. The Morgan fingerprint density at radius 2 is 0.561 bits per heavy atom. The lowest BCUT2D eigenvalue weighted by molar-refractivity contribution is -0.123. The van der Waals surface area contributed by atoms with E-state index in [4.69, 9.17) is 0 Å². The molecule has 1 amide bonds. The quantitative estimate of drug-likeness (QED) is 0.0536. The van der Waals surface area contributed by atoms with Crippen molar-refractivity contribution in [3.8, 4) is 0 Å². The second-order valence-corrected chi connectivity index (χ2v) is 18.7. The number of amides is 1. The number of hydrogen-bond acceptors (Lipinski definition) is 3. The molecule has 2 atom stereocenters. The Hall–Kier alpha value is -0.610. The summed E-state index contributed by atoms with van der Waals surface area (Å²) in [5.74, 6) is -0.0286. The normalized spacial score (nSPS) is 12.7. The molecule has 0 aromatic carbocycles. The third kappa shape index (κ3) is 46.3. The molecule has 0 fully saturated rings. The van der Waals surface area contributed by atoms with Crippen LogP contribution in [-0.4, -0.2) is 34.9 Å². The third-order valence-electron chi connectivity index (χ3n) is 12.9. The van der Waals surface area contributed by atoms with Gasteiger partial charge in [0.05, 0.1) is 18.8 Å². The molecule has 0 aliphatic rings. The molecule has 0 heterocycles. The van der Waals surface area contributed by atoms with Gasteiger partial charge in [0.1, 0.15) is 0 Å². The zero-order valence-electron chi connectivity index (χ0n) is 39.4. The molecule has 0 saturated heterocycles. The van der Waals surface area contributed by atoms with E-state index in [-0.39, 0.29) is 12.5 Å². The van der Waals surface area contributed by atoms with E-state index in [0.717, 1.165) is 25.7 Å². The Bertz CT molecular complexity index is 744. The van der Waals surface area contributed by atoms with Gasteiger partial charge in [-0.15, -0.1) is 0 Å². The van der Waals surface area contributed by atoms with Crippen LogP contribution in [0.4, 0.5) is 0 Å². The fraction of sp³-hybridized carbons (Fsp3) is 0.981. The maximum absolute atomic E-state index is 12.3. The van der Waals surface area contributed by atoms with Crippen LogP contribution in [0.5, 0.6) is 0 Å². The Morgan fingerprint density at radius 3 is 0.789 bits per heavy atom. The van der Waals surface area contributed by atoms with Crippen molar-refractivity contribution in [2.75, 3.05) is 6.61 Å². The molecular formula is C53H107NO3. The first-order chi connectivity index (χ1) is 28.2. The van der Waals surface area contributed by atoms with E-state index in [1.165, 1.54) is 263 Å². The molecule has 57 heavy (non-hydrogen) atoms. The van der Waals surface area contributed by atoms with Crippen molar-refractivity contribution in [2.24, 2.45) is 0 Å². The molecule has 4 nitrogen and oxygen atoms in total. The summed E-state index contributed by atoms with van der Waals surface area (Å²) in [6, 6.07) is -0.527. The van der Waals surface area contributed by atoms with Crippen LogP contribution >= 0.6 is 0 Å². The molecule has 0 aromatic heterocycles. The van der Waals surface area contributed by atoms with Gasteiger partial charge in [-0.2, -0.15) is 0 Å². The molecule has 3 N–H and O–H groups in total. The summed E-state index contributed by atoms with van der Waals surface area (Å²) in [6.45, 7) is 4.34. The highest BCUT2D eigenvalue weighted by molar-refractivity contribution is 5.76. The standard InChI is InChI=1S/C53H107NO3/c1-3-5-7-9-11-12-13-14-15-16-17-18-19-20-21-22-23-24-25-26-27-28-29-30-31-32-33-34-35-36-37-38-39-40-41-43-45-47-49-53(57)54-51(50-55)52(56)48-46-44-42-10-8-6-4-2/h51-52,55-56H,3-50H2,1-2H3,(H,54,57). The van der Waals surface area contributed by atoms with Crippen LogP contribution < -0.4 is 5.32 Å². The number of aliphatic hydroxyl groups is 2. The second kappa shape index (κ2) is 49.8. The summed E-state index contributed by atoms with van der Waals surface area (Å²) in [4.78, 5) is 12.3. The lowest BCUT2D eigenvalue weighted by atomic mass is 10.0. The molecule has 0 radical (unpaired) electrons. The van der Waals surface area contributed by atoms with Crippen LogP contribution in [0.1, 0.15) is 316 Å². The Labute approximate surface area is 359 Å². The minimum atomic E-state index is -0.651. The van der Waals surface area contributed by atoms with Crippen molar-refractivity contribution in [2.45, 2.75) is 328 Å². The van der Waals surface area contributed by atoms with Gasteiger partial charge >= 0.3 is 0 Å². The van der Waals surface area contributed by atoms with Gasteiger partial charge in [0.2, 0.25) is 5.91 Å². The number of aliphatic hydroxyl groups excluding tert-OH is 2. The summed E-state index contributed by atoms with van der Waals surface area (Å²) >= 11 is 0. The lowest BCUT2D eigenvalue weighted by Gasteiger charge is -2.22. The molecular weight excluding hydrogens is 699 g/mol. The second-order valence-electron chi connectivity index (χ2n) is 18.7. The molecule has 0 spiro atoms. The predicted molar refractivity (Wildman–Crippen MR) is 253 cm³/mol. The van der Waals surface area contributed by atoms with Gasteiger partial charge < -0.3 is 15.5 Å². The molecule has 2 unspecified atom stereocenters. The van der Waals surface area contributed by atoms with Gasteiger partial charge in [0.25, 0.3) is 0 Å². The number of rotatable bonds is 50. The Morgan fingerprint density at radius 1 is 0.351 bits per heavy atom. The predicted octanol–water partition coefficient (Wildman–Crippen LogP) is 17.2. The van der Waals surface area contributed by atoms with E-state index >= 15 is 0 Å². The average molecular weight is 806 g/mol. The van der Waals surface area contributed by atoms with E-state index in [0.29, 0.717) is 12.8 Å². The van der Waals surface area contributed by atoms with E-state index in [9.17, 15) is 15.0 Å². The zero-order valence-corrected chi connectivity index (χ0v) is 39.4. The fourth-order valence-electron chi connectivity index (χ4n) is 8.78. The van der Waals surface area contributed by atoms with Crippen molar-refractivity contribution in [3.05, 3.63) is 0 Å². The maximum Gasteiger partial charge on any atom is 0.220 e. The van der Waals surface area contributed by atoms with Crippen molar-refractivity contribution in [1.29, 1.82) is 0 Å². The fourth-order valence-corrected chi connectivity index (χ4v) is 8.78. The smallest absolute Gasteiger partial charge is 0.220 e. The summed E-state index contributed by atoms with van der Waals surface area (Å²) in [5, 5.41) is 23.0. The minimum absolute atomic E-state index is 0.0286. The van der Waals surface area contributed by atoms with E-state index in [1.54, 1.807) is 0 Å². The van der Waals surface area contributed by atoms with Gasteiger partial charge in [0.15, 0.2) is 0 Å². The summed E-state index contributed by atoms with van der Waals surface area (Å²) in [7, 11) is 0. The Balaban J connectivity index is 3.26. The zero-order chi connectivity index (χ0) is 41.4. The first-order valence-corrected chi connectivity index (χ1v) is 26.7. The summed E-state index contributed by atoms with van der Waals surface area (Å²) in [6.07, 6.45) is 62.7. The van der Waals surface area contributed by atoms with Crippen LogP contribution in [0, 0.1) is 0 Å². The number of unbranched alkanes of at least 4 members (excludes halogenated alkanes) is 43. The third-order valence-corrected chi connectivity index (χ3v) is 12.9.